The highest BCUT2D eigenvalue weighted by Gasteiger charge is 2.32. The highest BCUT2D eigenvalue weighted by molar-refractivity contribution is 6.35. The highest BCUT2D eigenvalue weighted by atomic mass is 35.5. The first-order chi connectivity index (χ1) is 13.9. The number of nitrogens with one attached hydrogen (secondary N) is 1. The predicted octanol–water partition coefficient (Wildman–Crippen LogP) is 3.76. The summed E-state index contributed by atoms with van der Waals surface area (Å²) in [6.45, 7) is 10.1. The summed E-state index contributed by atoms with van der Waals surface area (Å²) in [6.07, 6.45) is 1.52. The molecule has 1 unspecified atom stereocenters. The molecule has 29 heavy (non-hydrogen) atoms. The molecule has 0 saturated carbocycles. The van der Waals surface area contributed by atoms with Gasteiger partial charge in [-0.3, -0.25) is 9.69 Å². The monoisotopic (exact) mass is 419 g/mol. The molecule has 7 heteroatoms. The van der Waals surface area contributed by atoms with E-state index in [1.807, 2.05) is 6.92 Å². The number of halogens is 1. The van der Waals surface area contributed by atoms with E-state index in [2.05, 4.69) is 24.1 Å². The Morgan fingerprint density at radius 2 is 1.97 bits per heavy atom. The maximum Gasteiger partial charge on any atom is 0.338 e. The highest BCUT2D eigenvalue weighted by Crippen LogP contribution is 2.34. The van der Waals surface area contributed by atoms with Crippen LogP contribution in [0.15, 0.2) is 23.0 Å². The van der Waals surface area contributed by atoms with Crippen LogP contribution in [-0.2, 0) is 6.54 Å². The Hall–Kier alpha value is -1.89. The predicted molar refractivity (Wildman–Crippen MR) is 117 cm³/mol. The van der Waals surface area contributed by atoms with Crippen molar-refractivity contribution < 1.29 is 9.90 Å². The first-order valence-corrected chi connectivity index (χ1v) is 10.8. The van der Waals surface area contributed by atoms with Crippen LogP contribution in [-0.4, -0.2) is 46.7 Å². The van der Waals surface area contributed by atoms with E-state index in [0.717, 1.165) is 39.0 Å². The van der Waals surface area contributed by atoms with Crippen molar-refractivity contribution in [2.24, 2.45) is 5.92 Å². The maximum atomic E-state index is 13.5. The number of rotatable bonds is 7. The van der Waals surface area contributed by atoms with Crippen molar-refractivity contribution in [3.05, 3.63) is 44.8 Å². The quantitative estimate of drug-likeness (QED) is 0.714. The molecule has 0 spiro atoms. The van der Waals surface area contributed by atoms with Crippen molar-refractivity contribution in [1.29, 1.82) is 0 Å². The molecule has 0 bridgehead atoms. The molecule has 0 aliphatic carbocycles. The van der Waals surface area contributed by atoms with Gasteiger partial charge in [0.2, 0.25) is 0 Å². The van der Waals surface area contributed by atoms with Gasteiger partial charge in [-0.1, -0.05) is 44.5 Å². The number of fused-ring (bicyclic) bond motifs is 1. The van der Waals surface area contributed by atoms with Gasteiger partial charge in [-0.05, 0) is 24.8 Å². The average molecular weight is 420 g/mol. The van der Waals surface area contributed by atoms with Crippen LogP contribution >= 0.6 is 11.6 Å². The third kappa shape index (κ3) is 4.34. The number of aromatic carboxylic acids is 1. The van der Waals surface area contributed by atoms with Gasteiger partial charge in [0.05, 0.1) is 27.7 Å². The second-order valence-electron chi connectivity index (χ2n) is 8.12. The lowest BCUT2D eigenvalue weighted by Crippen LogP contribution is -2.47. The van der Waals surface area contributed by atoms with E-state index in [1.165, 1.54) is 0 Å². The number of aromatic nitrogens is 1. The average Bonchev–Trinajstić information content (AvgIpc) is 2.68. The van der Waals surface area contributed by atoms with Gasteiger partial charge in [0.25, 0.3) is 5.56 Å². The number of hydrogen-bond donors (Lipinski definition) is 2. The fraction of sp³-hybridized carbons (Fsp3) is 0.545. The molecule has 0 radical (unpaired) electrons. The van der Waals surface area contributed by atoms with Crippen LogP contribution in [0.25, 0.3) is 10.8 Å². The summed E-state index contributed by atoms with van der Waals surface area (Å²) in [4.78, 5) is 28.3. The van der Waals surface area contributed by atoms with Crippen LogP contribution in [0.2, 0.25) is 5.02 Å². The first-order valence-electron chi connectivity index (χ1n) is 10.4. The van der Waals surface area contributed by atoms with Crippen molar-refractivity contribution in [3.63, 3.8) is 0 Å². The Morgan fingerprint density at radius 1 is 1.28 bits per heavy atom. The van der Waals surface area contributed by atoms with Crippen molar-refractivity contribution in [3.8, 4) is 0 Å². The number of carbonyl (C=O) groups is 1. The minimum absolute atomic E-state index is 0.133. The number of hydrogen-bond acceptors (Lipinski definition) is 4. The summed E-state index contributed by atoms with van der Waals surface area (Å²) in [5, 5.41) is 14.6. The van der Waals surface area contributed by atoms with Gasteiger partial charge in [0.15, 0.2) is 0 Å². The van der Waals surface area contributed by atoms with Crippen LogP contribution < -0.4 is 10.9 Å². The summed E-state index contributed by atoms with van der Waals surface area (Å²) in [7, 11) is 0. The van der Waals surface area contributed by atoms with Gasteiger partial charge < -0.3 is 15.0 Å². The molecule has 6 nitrogen and oxygen atoms in total. The van der Waals surface area contributed by atoms with E-state index in [0.29, 0.717) is 34.0 Å². The zero-order valence-corrected chi connectivity index (χ0v) is 18.1. The summed E-state index contributed by atoms with van der Waals surface area (Å²) >= 11 is 6.35. The molecule has 1 atom stereocenters. The van der Waals surface area contributed by atoms with Crippen molar-refractivity contribution in [1.82, 2.24) is 14.8 Å². The number of carboxylic acid groups (broad SMARTS) is 1. The van der Waals surface area contributed by atoms with Gasteiger partial charge in [0.1, 0.15) is 0 Å². The second kappa shape index (κ2) is 9.28. The lowest BCUT2D eigenvalue weighted by molar-refractivity contribution is 0.0689. The molecule has 158 valence electrons. The molecule has 1 aliphatic heterocycles. The second-order valence-corrected chi connectivity index (χ2v) is 8.52. The lowest BCUT2D eigenvalue weighted by atomic mass is 9.92. The Morgan fingerprint density at radius 3 is 2.55 bits per heavy atom. The molecule has 3 rings (SSSR count). The van der Waals surface area contributed by atoms with Gasteiger partial charge in [0, 0.05) is 38.1 Å². The van der Waals surface area contributed by atoms with E-state index in [9.17, 15) is 14.7 Å². The van der Waals surface area contributed by atoms with E-state index < -0.39 is 5.97 Å². The van der Waals surface area contributed by atoms with Gasteiger partial charge in [-0.25, -0.2) is 4.79 Å². The zero-order valence-electron chi connectivity index (χ0n) is 17.4. The molecular formula is C22H30ClN3O3. The molecule has 2 N–H and O–H groups in total. The van der Waals surface area contributed by atoms with Crippen LogP contribution in [0.3, 0.4) is 0 Å². The number of pyridine rings is 1. The van der Waals surface area contributed by atoms with Gasteiger partial charge in [-0.15, -0.1) is 0 Å². The van der Waals surface area contributed by atoms with Crippen molar-refractivity contribution in [2.45, 2.75) is 46.2 Å². The van der Waals surface area contributed by atoms with E-state index in [4.69, 9.17) is 11.6 Å². The molecular weight excluding hydrogens is 390 g/mol. The summed E-state index contributed by atoms with van der Waals surface area (Å²) in [6, 6.07) is 4.93. The van der Waals surface area contributed by atoms with Crippen molar-refractivity contribution in [2.75, 3.05) is 26.2 Å². The molecule has 1 aliphatic rings. The SMILES string of the molecule is CCCn1c(C(CC(C)C)N2CCNCC2)c(C(=O)O)c2cccc(Cl)c2c1=O. The van der Waals surface area contributed by atoms with Gasteiger partial charge in [-0.2, -0.15) is 0 Å². The minimum atomic E-state index is -1.01. The summed E-state index contributed by atoms with van der Waals surface area (Å²) in [5.74, 6) is -0.655. The largest absolute Gasteiger partial charge is 0.478 e. The third-order valence-electron chi connectivity index (χ3n) is 5.55. The standard InChI is InChI=1S/C22H30ClN3O3/c1-4-10-26-20(17(13-14(2)3)25-11-8-24-9-12-25)19(22(28)29)15-6-5-7-16(23)18(15)21(26)27/h5-7,14,17,24H,4,8-13H2,1-3H3,(H,28,29). The third-order valence-corrected chi connectivity index (χ3v) is 5.87. The normalized spacial score (nSPS) is 16.4. The lowest BCUT2D eigenvalue weighted by Gasteiger charge is -2.38. The molecule has 1 aromatic carbocycles. The van der Waals surface area contributed by atoms with Crippen molar-refractivity contribution >= 4 is 28.3 Å². The molecule has 0 amide bonds. The smallest absolute Gasteiger partial charge is 0.338 e. The Labute approximate surface area is 176 Å². The van der Waals surface area contributed by atoms with Crippen LogP contribution in [0.4, 0.5) is 0 Å². The molecule has 1 fully saturated rings. The van der Waals surface area contributed by atoms with E-state index in [-0.39, 0.29) is 17.2 Å². The van der Waals surface area contributed by atoms with Gasteiger partial charge >= 0.3 is 5.97 Å². The minimum Gasteiger partial charge on any atom is -0.478 e. The molecule has 1 aromatic heterocycles. The number of piperazine rings is 1. The molecule has 2 heterocycles. The first kappa shape index (κ1) is 21.8. The molecule has 1 saturated heterocycles. The number of carboxylic acids is 1. The fourth-order valence-corrected chi connectivity index (χ4v) is 4.61. The Bertz CT molecular complexity index is 948. The number of nitrogens with zero attached hydrogens (tertiary/aromatic N) is 2. The Kier molecular flexibility index (Phi) is 6.98. The van der Waals surface area contributed by atoms with Crippen LogP contribution in [0.1, 0.15) is 55.7 Å². The summed E-state index contributed by atoms with van der Waals surface area (Å²) in [5.41, 5.74) is 0.630. The summed E-state index contributed by atoms with van der Waals surface area (Å²) < 4.78 is 1.67. The Balaban J connectivity index is 2.38. The van der Waals surface area contributed by atoms with Crippen LogP contribution in [0, 0.1) is 5.92 Å². The van der Waals surface area contributed by atoms with E-state index >= 15 is 0 Å². The number of benzene rings is 1. The maximum absolute atomic E-state index is 13.5. The topological polar surface area (TPSA) is 74.6 Å². The van der Waals surface area contributed by atoms with Crippen LogP contribution in [0.5, 0.6) is 0 Å². The zero-order chi connectivity index (χ0) is 21.1. The molecule has 2 aromatic rings. The van der Waals surface area contributed by atoms with E-state index in [1.54, 1.807) is 22.8 Å². The fourth-order valence-electron chi connectivity index (χ4n) is 4.36.